The molecule has 0 aliphatic rings. The number of ether oxygens (including phenoxy) is 1. The van der Waals surface area contributed by atoms with Crippen molar-refractivity contribution in [2.45, 2.75) is 6.61 Å². The van der Waals surface area contributed by atoms with Crippen LogP contribution >= 0.6 is 23.2 Å². The molecule has 0 saturated carbocycles. The van der Waals surface area contributed by atoms with Crippen LogP contribution < -0.4 is 4.74 Å². The van der Waals surface area contributed by atoms with Gasteiger partial charge in [0.25, 0.3) is 0 Å². The van der Waals surface area contributed by atoms with Crippen LogP contribution in [0.5, 0.6) is 11.6 Å². The first-order valence-corrected chi connectivity index (χ1v) is 6.64. The molecule has 1 aromatic carbocycles. The maximum absolute atomic E-state index is 9.49. The Labute approximate surface area is 125 Å². The number of halogens is 2. The Morgan fingerprint density at radius 1 is 1.15 bits per heavy atom. The van der Waals surface area contributed by atoms with Gasteiger partial charge in [-0.25, -0.2) is 0 Å². The summed E-state index contributed by atoms with van der Waals surface area (Å²) in [5.74, 6) is 0.856. The summed E-state index contributed by atoms with van der Waals surface area (Å²) in [6.07, 6.45) is 1.82. The Hall–Kier alpha value is -1.75. The lowest BCUT2D eigenvalue weighted by Crippen LogP contribution is -1.94. The summed E-state index contributed by atoms with van der Waals surface area (Å²) in [6, 6.07) is 10.5. The lowest BCUT2D eigenvalue weighted by molar-refractivity contribution is 0.269. The Bertz CT molecular complexity index is 771. The standard InChI is InChI=1S/C14H10Cl2N2O2/c15-10-5-4-9(7-11(10)16)20-14-12(8-19)18-6-2-1-3-13(18)17-14/h1-7,19H,8H2. The average Bonchev–Trinajstić information content (AvgIpc) is 2.80. The van der Waals surface area contributed by atoms with Crippen LogP contribution in [0, 0.1) is 0 Å². The number of aliphatic hydroxyl groups is 1. The van der Waals surface area contributed by atoms with Gasteiger partial charge < -0.3 is 9.84 Å². The zero-order valence-corrected chi connectivity index (χ0v) is 11.8. The van der Waals surface area contributed by atoms with Crippen LogP contribution in [0.25, 0.3) is 5.65 Å². The molecule has 6 heteroatoms. The van der Waals surface area contributed by atoms with Gasteiger partial charge in [-0.3, -0.25) is 4.40 Å². The van der Waals surface area contributed by atoms with E-state index in [0.29, 0.717) is 33.0 Å². The minimum absolute atomic E-state index is 0.179. The molecule has 0 saturated heterocycles. The monoisotopic (exact) mass is 308 g/mol. The van der Waals surface area contributed by atoms with Crippen molar-refractivity contribution >= 4 is 28.8 Å². The Morgan fingerprint density at radius 2 is 2.00 bits per heavy atom. The number of fused-ring (bicyclic) bond motifs is 1. The Morgan fingerprint density at radius 3 is 2.75 bits per heavy atom. The SMILES string of the molecule is OCc1c(Oc2ccc(Cl)c(Cl)c2)nc2ccccn12. The van der Waals surface area contributed by atoms with E-state index in [0.717, 1.165) is 0 Å². The molecule has 0 radical (unpaired) electrons. The highest BCUT2D eigenvalue weighted by Crippen LogP contribution is 2.30. The number of hydrogen-bond donors (Lipinski definition) is 1. The van der Waals surface area contributed by atoms with Gasteiger partial charge in [-0.15, -0.1) is 0 Å². The smallest absolute Gasteiger partial charge is 0.243 e. The van der Waals surface area contributed by atoms with Gasteiger partial charge in [0.2, 0.25) is 5.88 Å². The van der Waals surface area contributed by atoms with E-state index in [2.05, 4.69) is 4.98 Å². The molecule has 0 aliphatic heterocycles. The summed E-state index contributed by atoms with van der Waals surface area (Å²) in [6.45, 7) is -0.179. The molecule has 0 bridgehead atoms. The first kappa shape index (κ1) is 13.2. The number of aromatic nitrogens is 2. The summed E-state index contributed by atoms with van der Waals surface area (Å²) in [5.41, 5.74) is 1.28. The zero-order valence-electron chi connectivity index (χ0n) is 10.3. The van der Waals surface area contributed by atoms with Gasteiger partial charge in [-0.05, 0) is 24.3 Å². The van der Waals surface area contributed by atoms with Crippen LogP contribution in [0.4, 0.5) is 0 Å². The first-order valence-electron chi connectivity index (χ1n) is 5.89. The van der Waals surface area contributed by atoms with Crippen molar-refractivity contribution in [3.05, 3.63) is 58.3 Å². The van der Waals surface area contributed by atoms with E-state index >= 15 is 0 Å². The molecule has 3 rings (SSSR count). The number of nitrogens with zero attached hydrogens (tertiary/aromatic N) is 2. The second kappa shape index (κ2) is 5.32. The van der Waals surface area contributed by atoms with Crippen LogP contribution in [0.15, 0.2) is 42.6 Å². The van der Waals surface area contributed by atoms with Crippen molar-refractivity contribution in [1.82, 2.24) is 9.38 Å². The van der Waals surface area contributed by atoms with Gasteiger partial charge in [0.15, 0.2) is 0 Å². The maximum atomic E-state index is 9.49. The molecule has 3 aromatic rings. The molecule has 0 atom stereocenters. The number of aliphatic hydroxyl groups excluding tert-OH is 1. The molecule has 2 heterocycles. The second-order valence-electron chi connectivity index (χ2n) is 4.13. The highest BCUT2D eigenvalue weighted by Gasteiger charge is 2.13. The summed E-state index contributed by atoms with van der Waals surface area (Å²) >= 11 is 11.8. The molecular weight excluding hydrogens is 299 g/mol. The third-order valence-electron chi connectivity index (χ3n) is 2.85. The van der Waals surface area contributed by atoms with Gasteiger partial charge in [0, 0.05) is 12.3 Å². The van der Waals surface area contributed by atoms with Crippen LogP contribution in [-0.4, -0.2) is 14.5 Å². The van der Waals surface area contributed by atoms with Crippen molar-refractivity contribution in [2.75, 3.05) is 0 Å². The highest BCUT2D eigenvalue weighted by atomic mass is 35.5. The molecule has 0 aliphatic carbocycles. The third kappa shape index (κ3) is 2.33. The van der Waals surface area contributed by atoms with Crippen LogP contribution in [0.1, 0.15) is 5.69 Å². The number of benzene rings is 1. The van der Waals surface area contributed by atoms with Crippen molar-refractivity contribution in [3.63, 3.8) is 0 Å². The molecule has 2 aromatic heterocycles. The predicted octanol–water partition coefficient (Wildman–Crippen LogP) is 3.93. The Kier molecular flexibility index (Phi) is 3.53. The quantitative estimate of drug-likeness (QED) is 0.797. The van der Waals surface area contributed by atoms with Crippen LogP contribution in [0.2, 0.25) is 10.0 Å². The molecular formula is C14H10Cl2N2O2. The number of rotatable bonds is 3. The van der Waals surface area contributed by atoms with Gasteiger partial charge in [0.05, 0.1) is 16.7 Å². The first-order chi connectivity index (χ1) is 9.69. The lowest BCUT2D eigenvalue weighted by atomic mass is 10.3. The molecule has 20 heavy (non-hydrogen) atoms. The van der Waals surface area contributed by atoms with Crippen LogP contribution in [-0.2, 0) is 6.61 Å². The van der Waals surface area contributed by atoms with Crippen LogP contribution in [0.3, 0.4) is 0 Å². The van der Waals surface area contributed by atoms with Gasteiger partial charge in [0.1, 0.15) is 17.1 Å². The minimum Gasteiger partial charge on any atom is -0.437 e. The van der Waals surface area contributed by atoms with Gasteiger partial charge in [-0.1, -0.05) is 29.3 Å². The topological polar surface area (TPSA) is 46.8 Å². The molecule has 0 amide bonds. The van der Waals surface area contributed by atoms with Gasteiger partial charge in [-0.2, -0.15) is 4.98 Å². The van der Waals surface area contributed by atoms with Crippen molar-refractivity contribution in [2.24, 2.45) is 0 Å². The van der Waals surface area contributed by atoms with E-state index in [-0.39, 0.29) is 6.61 Å². The van der Waals surface area contributed by atoms with Gasteiger partial charge >= 0.3 is 0 Å². The molecule has 0 fully saturated rings. The largest absolute Gasteiger partial charge is 0.437 e. The molecule has 0 spiro atoms. The van der Waals surface area contributed by atoms with E-state index in [1.165, 1.54) is 0 Å². The normalized spacial score (nSPS) is 10.9. The third-order valence-corrected chi connectivity index (χ3v) is 3.59. The number of imidazole rings is 1. The summed E-state index contributed by atoms with van der Waals surface area (Å²) in [5, 5.41) is 10.4. The van der Waals surface area contributed by atoms with Crippen molar-refractivity contribution in [3.8, 4) is 11.6 Å². The maximum Gasteiger partial charge on any atom is 0.243 e. The molecule has 1 N–H and O–H groups in total. The van der Waals surface area contributed by atoms with E-state index in [1.807, 2.05) is 24.4 Å². The van der Waals surface area contributed by atoms with Crippen molar-refractivity contribution < 1.29 is 9.84 Å². The predicted molar refractivity (Wildman–Crippen MR) is 77.7 cm³/mol. The number of pyridine rings is 1. The summed E-state index contributed by atoms with van der Waals surface area (Å²) < 4.78 is 7.46. The zero-order chi connectivity index (χ0) is 14.1. The van der Waals surface area contributed by atoms with Crippen molar-refractivity contribution in [1.29, 1.82) is 0 Å². The fraction of sp³-hybridized carbons (Fsp3) is 0.0714. The molecule has 0 unspecified atom stereocenters. The fourth-order valence-corrected chi connectivity index (χ4v) is 2.19. The summed E-state index contributed by atoms with van der Waals surface area (Å²) in [4.78, 5) is 4.34. The second-order valence-corrected chi connectivity index (χ2v) is 4.94. The van der Waals surface area contributed by atoms with E-state index in [1.54, 1.807) is 22.6 Å². The minimum atomic E-state index is -0.179. The Balaban J connectivity index is 2.03. The average molecular weight is 309 g/mol. The fourth-order valence-electron chi connectivity index (χ4n) is 1.90. The van der Waals surface area contributed by atoms with E-state index in [9.17, 15) is 5.11 Å². The van der Waals surface area contributed by atoms with E-state index < -0.39 is 0 Å². The summed E-state index contributed by atoms with van der Waals surface area (Å²) in [7, 11) is 0. The molecule has 4 nitrogen and oxygen atoms in total. The number of hydrogen-bond acceptors (Lipinski definition) is 3. The lowest BCUT2D eigenvalue weighted by Gasteiger charge is -2.05. The van der Waals surface area contributed by atoms with E-state index in [4.69, 9.17) is 27.9 Å². The highest BCUT2D eigenvalue weighted by molar-refractivity contribution is 6.42. The molecule has 102 valence electrons.